The fourth-order valence-corrected chi connectivity index (χ4v) is 2.55. The van der Waals surface area contributed by atoms with Gasteiger partial charge in [0.2, 0.25) is 5.88 Å². The van der Waals surface area contributed by atoms with Crippen LogP contribution in [0.5, 0.6) is 5.88 Å². The summed E-state index contributed by atoms with van der Waals surface area (Å²) < 4.78 is 6.00. The molecule has 1 aliphatic carbocycles. The van der Waals surface area contributed by atoms with Gasteiger partial charge < -0.3 is 10.1 Å². The van der Waals surface area contributed by atoms with E-state index in [1.54, 1.807) is 6.20 Å². The van der Waals surface area contributed by atoms with Crippen molar-refractivity contribution in [3.8, 4) is 5.88 Å². The summed E-state index contributed by atoms with van der Waals surface area (Å²) in [6.45, 7) is 6.15. The van der Waals surface area contributed by atoms with Crippen LogP contribution in [0.15, 0.2) is 12.4 Å². The van der Waals surface area contributed by atoms with E-state index in [0.717, 1.165) is 31.6 Å². The Labute approximate surface area is 122 Å². The molecule has 0 aliphatic heterocycles. The molecule has 1 fully saturated rings. The number of ether oxygens (including phenoxy) is 1. The summed E-state index contributed by atoms with van der Waals surface area (Å²) in [5, 5.41) is 3.38. The fourth-order valence-electron chi connectivity index (χ4n) is 2.55. The molecule has 0 atom stereocenters. The molecule has 1 aromatic rings. The smallest absolute Gasteiger partial charge is 0.232 e. The molecule has 0 bridgehead atoms. The molecule has 1 saturated carbocycles. The normalized spacial score (nSPS) is 17.1. The molecule has 1 heterocycles. The first-order valence-electron chi connectivity index (χ1n) is 7.92. The topological polar surface area (TPSA) is 47.0 Å². The second-order valence-electron chi connectivity index (χ2n) is 6.10. The van der Waals surface area contributed by atoms with Crippen molar-refractivity contribution in [3.05, 3.63) is 18.1 Å². The Morgan fingerprint density at radius 1 is 1.20 bits per heavy atom. The molecule has 0 amide bonds. The molecule has 0 spiro atoms. The van der Waals surface area contributed by atoms with Crippen LogP contribution in [0.4, 0.5) is 0 Å². The zero-order valence-electron chi connectivity index (χ0n) is 12.8. The molecule has 2 rings (SSSR count). The van der Waals surface area contributed by atoms with E-state index in [-0.39, 0.29) is 0 Å². The van der Waals surface area contributed by atoms with Crippen LogP contribution in [-0.4, -0.2) is 22.6 Å². The average molecular weight is 277 g/mol. The maximum absolute atomic E-state index is 6.00. The summed E-state index contributed by atoms with van der Waals surface area (Å²) >= 11 is 0. The first kappa shape index (κ1) is 15.2. The Hall–Kier alpha value is -1.16. The zero-order chi connectivity index (χ0) is 14.2. The average Bonchev–Trinajstić information content (AvgIpc) is 2.67. The summed E-state index contributed by atoms with van der Waals surface area (Å²) in [7, 11) is 0. The monoisotopic (exact) mass is 277 g/mol. The van der Waals surface area contributed by atoms with Crippen LogP contribution in [0.1, 0.15) is 58.1 Å². The van der Waals surface area contributed by atoms with E-state index in [1.165, 1.54) is 25.7 Å². The largest absolute Gasteiger partial charge is 0.473 e. The van der Waals surface area contributed by atoms with Gasteiger partial charge in [0.05, 0.1) is 11.9 Å². The third-order valence-corrected chi connectivity index (χ3v) is 3.61. The van der Waals surface area contributed by atoms with Crippen molar-refractivity contribution < 1.29 is 4.74 Å². The molecule has 1 N–H and O–H groups in total. The molecule has 0 aromatic carbocycles. The van der Waals surface area contributed by atoms with Gasteiger partial charge in [-0.15, -0.1) is 0 Å². The van der Waals surface area contributed by atoms with E-state index in [4.69, 9.17) is 4.74 Å². The second kappa shape index (κ2) is 8.20. The molecule has 112 valence electrons. The highest BCUT2D eigenvalue weighted by Gasteiger charge is 2.14. The molecule has 0 saturated heterocycles. The summed E-state index contributed by atoms with van der Waals surface area (Å²) in [6, 6.07) is 0. The summed E-state index contributed by atoms with van der Waals surface area (Å²) in [5.74, 6) is 1.33. The van der Waals surface area contributed by atoms with Gasteiger partial charge in [0, 0.05) is 12.7 Å². The van der Waals surface area contributed by atoms with Crippen molar-refractivity contribution in [2.75, 3.05) is 6.54 Å². The third kappa shape index (κ3) is 5.45. The molecular weight excluding hydrogens is 250 g/mol. The van der Waals surface area contributed by atoms with E-state index in [9.17, 15) is 0 Å². The van der Waals surface area contributed by atoms with Crippen molar-refractivity contribution >= 4 is 0 Å². The Morgan fingerprint density at radius 2 is 1.95 bits per heavy atom. The molecule has 1 aliphatic rings. The highest BCUT2D eigenvalue weighted by atomic mass is 16.5. The lowest BCUT2D eigenvalue weighted by molar-refractivity contribution is 0.175. The second-order valence-corrected chi connectivity index (χ2v) is 6.10. The van der Waals surface area contributed by atoms with E-state index in [1.807, 2.05) is 6.20 Å². The predicted molar refractivity (Wildman–Crippen MR) is 80.7 cm³/mol. The number of nitrogens with one attached hydrogen (secondary N) is 1. The Bertz CT molecular complexity index is 387. The lowest BCUT2D eigenvalue weighted by Crippen LogP contribution is -2.20. The minimum absolute atomic E-state index is 0.325. The molecule has 4 nitrogen and oxygen atoms in total. The zero-order valence-corrected chi connectivity index (χ0v) is 12.8. The number of hydrogen-bond donors (Lipinski definition) is 1. The van der Waals surface area contributed by atoms with E-state index in [2.05, 4.69) is 29.1 Å². The van der Waals surface area contributed by atoms with Crippen molar-refractivity contribution in [1.82, 2.24) is 15.3 Å². The van der Waals surface area contributed by atoms with Gasteiger partial charge in [0.25, 0.3) is 0 Å². The fraction of sp³-hybridized carbons (Fsp3) is 0.750. The molecule has 0 unspecified atom stereocenters. The van der Waals surface area contributed by atoms with Gasteiger partial charge in [-0.3, -0.25) is 4.98 Å². The van der Waals surface area contributed by atoms with E-state index < -0.39 is 0 Å². The van der Waals surface area contributed by atoms with Gasteiger partial charge in [-0.05, 0) is 38.1 Å². The van der Waals surface area contributed by atoms with Crippen molar-refractivity contribution in [3.63, 3.8) is 0 Å². The molecule has 4 heteroatoms. The molecular formula is C16H27N3O. The van der Waals surface area contributed by atoms with Crippen molar-refractivity contribution in [2.45, 2.75) is 65.0 Å². The summed E-state index contributed by atoms with van der Waals surface area (Å²) in [5.41, 5.74) is 0.955. The maximum atomic E-state index is 6.00. The molecule has 0 radical (unpaired) electrons. The molecule has 20 heavy (non-hydrogen) atoms. The van der Waals surface area contributed by atoms with E-state index in [0.29, 0.717) is 17.9 Å². The van der Waals surface area contributed by atoms with Crippen LogP contribution >= 0.6 is 0 Å². The van der Waals surface area contributed by atoms with Crippen molar-refractivity contribution in [1.29, 1.82) is 0 Å². The first-order valence-corrected chi connectivity index (χ1v) is 7.92. The quantitative estimate of drug-likeness (QED) is 0.810. The van der Waals surface area contributed by atoms with Crippen LogP contribution in [-0.2, 0) is 6.54 Å². The number of aromatic nitrogens is 2. The van der Waals surface area contributed by atoms with Crippen molar-refractivity contribution in [2.24, 2.45) is 5.92 Å². The van der Waals surface area contributed by atoms with Crippen LogP contribution in [0.3, 0.4) is 0 Å². The van der Waals surface area contributed by atoms with Gasteiger partial charge in [0.15, 0.2) is 0 Å². The Balaban J connectivity index is 1.84. The lowest BCUT2D eigenvalue weighted by Gasteiger charge is -2.16. The van der Waals surface area contributed by atoms with Gasteiger partial charge in [-0.25, -0.2) is 4.98 Å². The first-order chi connectivity index (χ1) is 9.74. The Morgan fingerprint density at radius 3 is 2.65 bits per heavy atom. The van der Waals surface area contributed by atoms with Crippen LogP contribution in [0, 0.1) is 5.92 Å². The lowest BCUT2D eigenvalue weighted by atomic mass is 10.1. The van der Waals surface area contributed by atoms with Crippen LogP contribution in [0.2, 0.25) is 0 Å². The summed E-state index contributed by atoms with van der Waals surface area (Å²) in [6.07, 6.45) is 11.4. The highest BCUT2D eigenvalue weighted by Crippen LogP contribution is 2.21. The molecule has 1 aromatic heterocycles. The number of hydrogen-bond acceptors (Lipinski definition) is 4. The van der Waals surface area contributed by atoms with E-state index >= 15 is 0 Å². The predicted octanol–water partition coefficient (Wildman–Crippen LogP) is 3.32. The van der Waals surface area contributed by atoms with Crippen LogP contribution < -0.4 is 10.1 Å². The minimum atomic E-state index is 0.325. The van der Waals surface area contributed by atoms with Crippen LogP contribution in [0.25, 0.3) is 0 Å². The number of rotatable bonds is 6. The van der Waals surface area contributed by atoms with Gasteiger partial charge in [-0.1, -0.05) is 26.7 Å². The number of nitrogens with zero attached hydrogens (tertiary/aromatic N) is 2. The Kier molecular flexibility index (Phi) is 6.25. The summed E-state index contributed by atoms with van der Waals surface area (Å²) in [4.78, 5) is 8.79. The van der Waals surface area contributed by atoms with Gasteiger partial charge in [-0.2, -0.15) is 0 Å². The van der Waals surface area contributed by atoms with Gasteiger partial charge in [0.1, 0.15) is 6.10 Å². The van der Waals surface area contributed by atoms with Gasteiger partial charge >= 0.3 is 0 Å². The third-order valence-electron chi connectivity index (χ3n) is 3.61. The highest BCUT2D eigenvalue weighted by molar-refractivity contribution is 5.08. The minimum Gasteiger partial charge on any atom is -0.473 e. The standard InChI is InChI=1S/C16H27N3O/c1-13(2)9-17-10-14-11-18-12-16(19-14)20-15-7-5-3-4-6-8-15/h11-13,15,17H,3-10H2,1-2H3. The maximum Gasteiger partial charge on any atom is 0.232 e. The SMILES string of the molecule is CC(C)CNCc1cncc(OC2CCCCCC2)n1.